The van der Waals surface area contributed by atoms with E-state index < -0.39 is 0 Å². The van der Waals surface area contributed by atoms with Crippen molar-refractivity contribution in [1.82, 2.24) is 15.5 Å². The van der Waals surface area contributed by atoms with E-state index in [-0.39, 0.29) is 30.5 Å². The third kappa shape index (κ3) is 3.25. The molecule has 2 aliphatic heterocycles. The van der Waals surface area contributed by atoms with Crippen molar-refractivity contribution in [1.29, 1.82) is 0 Å². The molecule has 2 N–H and O–H groups in total. The molecule has 0 spiro atoms. The minimum atomic E-state index is -0.345. The highest BCUT2D eigenvalue weighted by Gasteiger charge is 2.38. The largest absolute Gasteiger partial charge is 0.496 e. The van der Waals surface area contributed by atoms with Crippen molar-refractivity contribution in [3.05, 3.63) is 12.0 Å². The molecule has 0 aromatic rings. The van der Waals surface area contributed by atoms with E-state index in [1.54, 1.807) is 13.4 Å². The zero-order valence-corrected chi connectivity index (χ0v) is 11.7. The number of ether oxygens (including phenoxy) is 1. The summed E-state index contributed by atoms with van der Waals surface area (Å²) in [6.07, 6.45) is 3.60. The van der Waals surface area contributed by atoms with Crippen molar-refractivity contribution in [3.8, 4) is 0 Å². The molecule has 0 aliphatic carbocycles. The van der Waals surface area contributed by atoms with Gasteiger partial charge < -0.3 is 15.4 Å². The van der Waals surface area contributed by atoms with Gasteiger partial charge in [0.1, 0.15) is 0 Å². The van der Waals surface area contributed by atoms with Crippen LogP contribution in [0.5, 0.6) is 0 Å². The fourth-order valence-electron chi connectivity index (χ4n) is 2.07. The Labute approximate surface area is 114 Å². The van der Waals surface area contributed by atoms with E-state index in [2.05, 4.69) is 27.4 Å². The van der Waals surface area contributed by atoms with Crippen molar-refractivity contribution < 1.29 is 4.74 Å². The topological polar surface area (TPSA) is 48.9 Å². The number of methoxy groups -OCH3 is 1. The van der Waals surface area contributed by atoms with Gasteiger partial charge in [-0.3, -0.25) is 4.90 Å². The molecule has 100 valence electrons. The Bertz CT molecular complexity index is 292. The van der Waals surface area contributed by atoms with Crippen LogP contribution in [0.15, 0.2) is 17.0 Å². The Morgan fingerprint density at radius 2 is 2.00 bits per heavy atom. The minimum absolute atomic E-state index is 0. The van der Waals surface area contributed by atoms with Crippen LogP contribution in [0.3, 0.4) is 0 Å². The molecule has 2 heterocycles. The van der Waals surface area contributed by atoms with Crippen molar-refractivity contribution in [2.24, 2.45) is 4.99 Å². The van der Waals surface area contributed by atoms with E-state index in [0.717, 1.165) is 31.9 Å². The zero-order chi connectivity index (χ0) is 10.7. The third-order valence-corrected chi connectivity index (χ3v) is 3.02. The molecular weight excluding hydrogens is 263 g/mol. The van der Waals surface area contributed by atoms with Crippen molar-refractivity contribution in [2.75, 3.05) is 33.3 Å². The van der Waals surface area contributed by atoms with Gasteiger partial charge in [0.25, 0.3) is 0 Å². The van der Waals surface area contributed by atoms with Crippen LogP contribution in [0.2, 0.25) is 0 Å². The summed E-state index contributed by atoms with van der Waals surface area (Å²) < 4.78 is 5.38. The van der Waals surface area contributed by atoms with Gasteiger partial charge in [0.2, 0.25) is 0 Å². The number of rotatable bonds is 2. The summed E-state index contributed by atoms with van der Waals surface area (Å²) in [5.74, 6) is 0.868. The number of nitrogens with zero attached hydrogens (tertiary/aromatic N) is 2. The lowest BCUT2D eigenvalue weighted by Gasteiger charge is -2.42. The maximum atomic E-state index is 5.38. The fraction of sp³-hybridized carbons (Fsp3) is 0.700. The van der Waals surface area contributed by atoms with Crippen molar-refractivity contribution in [2.45, 2.75) is 12.6 Å². The molecule has 2 aliphatic rings. The first-order chi connectivity index (χ1) is 7.27. The molecule has 17 heavy (non-hydrogen) atoms. The van der Waals surface area contributed by atoms with Gasteiger partial charge in [0.15, 0.2) is 11.4 Å². The average molecular weight is 283 g/mol. The van der Waals surface area contributed by atoms with Crippen molar-refractivity contribution >= 4 is 31.2 Å². The molecule has 0 saturated carbocycles. The summed E-state index contributed by atoms with van der Waals surface area (Å²) in [7, 11) is 1.69. The monoisotopic (exact) mass is 282 g/mol. The number of aliphatic imine (C=N–C) groups is 1. The molecule has 0 aromatic heterocycles. The van der Waals surface area contributed by atoms with Crippen LogP contribution in [0.4, 0.5) is 0 Å². The van der Waals surface area contributed by atoms with E-state index >= 15 is 0 Å². The summed E-state index contributed by atoms with van der Waals surface area (Å²) >= 11 is 0. The molecule has 0 amide bonds. The van der Waals surface area contributed by atoms with Gasteiger partial charge in [-0.05, 0) is 6.92 Å². The van der Waals surface area contributed by atoms with E-state index in [1.807, 2.05) is 6.20 Å². The fourth-order valence-corrected chi connectivity index (χ4v) is 2.07. The molecule has 1 fully saturated rings. The first-order valence-corrected chi connectivity index (χ1v) is 5.27. The predicted octanol–water partition coefficient (Wildman–Crippen LogP) is 0.571. The summed E-state index contributed by atoms with van der Waals surface area (Å²) in [6, 6.07) is 0. The Hall–Kier alpha value is -0.490. The third-order valence-electron chi connectivity index (χ3n) is 3.02. The van der Waals surface area contributed by atoms with Crippen LogP contribution < -0.4 is 10.6 Å². The minimum Gasteiger partial charge on any atom is -0.496 e. The van der Waals surface area contributed by atoms with Gasteiger partial charge in [-0.15, -0.1) is 24.8 Å². The molecule has 0 radical (unpaired) electrons. The van der Waals surface area contributed by atoms with Crippen molar-refractivity contribution in [3.63, 3.8) is 0 Å². The molecule has 0 aromatic carbocycles. The number of halogens is 2. The second-order valence-corrected chi connectivity index (χ2v) is 3.90. The first kappa shape index (κ1) is 16.5. The van der Waals surface area contributed by atoms with E-state index in [4.69, 9.17) is 4.74 Å². The van der Waals surface area contributed by atoms with Gasteiger partial charge in [0, 0.05) is 32.4 Å². The lowest BCUT2D eigenvalue weighted by atomic mass is 10.1. The Balaban J connectivity index is 0.00000128. The zero-order valence-electron chi connectivity index (χ0n) is 10.1. The second kappa shape index (κ2) is 7.06. The standard InChI is InChI=1S/C10H18N4O.2ClH/c1-10(14-5-3-11-4-6-14)9(15-2)7-12-8-13-10;;/h7-8,11H,3-6H2,1-2H3,(H,12,13);2*1H. The summed E-state index contributed by atoms with van der Waals surface area (Å²) in [5.41, 5.74) is -0.345. The van der Waals surface area contributed by atoms with Gasteiger partial charge >= 0.3 is 0 Å². The van der Waals surface area contributed by atoms with E-state index in [9.17, 15) is 0 Å². The van der Waals surface area contributed by atoms with E-state index in [0.29, 0.717) is 0 Å². The SMILES string of the molecule is COC1=CNC=NC1(C)N1CCNCC1.Cl.Cl. The number of hydrogen-bond donors (Lipinski definition) is 2. The lowest BCUT2D eigenvalue weighted by Crippen LogP contribution is -2.56. The highest BCUT2D eigenvalue weighted by atomic mass is 35.5. The van der Waals surface area contributed by atoms with Crippen LogP contribution >= 0.6 is 24.8 Å². The maximum Gasteiger partial charge on any atom is 0.171 e. The Kier molecular flexibility index (Phi) is 6.85. The summed E-state index contributed by atoms with van der Waals surface area (Å²) in [6.45, 7) is 6.10. The number of nitrogens with one attached hydrogen (secondary N) is 2. The van der Waals surface area contributed by atoms with Crippen LogP contribution in [-0.4, -0.2) is 50.2 Å². The molecular formula is C10H20Cl2N4O. The van der Waals surface area contributed by atoms with Gasteiger partial charge in [-0.1, -0.05) is 0 Å². The Morgan fingerprint density at radius 3 is 2.59 bits per heavy atom. The average Bonchev–Trinajstić information content (AvgIpc) is 2.31. The van der Waals surface area contributed by atoms with Crippen LogP contribution in [0.25, 0.3) is 0 Å². The number of piperazine rings is 1. The van der Waals surface area contributed by atoms with Gasteiger partial charge in [-0.2, -0.15) is 0 Å². The molecule has 0 bridgehead atoms. The highest BCUT2D eigenvalue weighted by Crippen LogP contribution is 2.27. The quantitative estimate of drug-likeness (QED) is 0.778. The molecule has 1 saturated heterocycles. The molecule has 5 nitrogen and oxygen atoms in total. The van der Waals surface area contributed by atoms with Crippen LogP contribution in [0.1, 0.15) is 6.92 Å². The smallest absolute Gasteiger partial charge is 0.171 e. The van der Waals surface area contributed by atoms with Crippen LogP contribution in [-0.2, 0) is 4.74 Å². The first-order valence-electron chi connectivity index (χ1n) is 5.27. The Morgan fingerprint density at radius 1 is 1.35 bits per heavy atom. The molecule has 2 rings (SSSR count). The number of hydrogen-bond acceptors (Lipinski definition) is 5. The summed E-state index contributed by atoms with van der Waals surface area (Å²) in [4.78, 5) is 6.84. The molecule has 7 heteroatoms. The maximum absolute atomic E-state index is 5.38. The molecule has 1 atom stereocenters. The normalized spacial score (nSPS) is 28.2. The van der Waals surface area contributed by atoms with Crippen LogP contribution in [0, 0.1) is 0 Å². The summed E-state index contributed by atoms with van der Waals surface area (Å²) in [5, 5.41) is 6.29. The molecule has 1 unspecified atom stereocenters. The van der Waals surface area contributed by atoms with Gasteiger partial charge in [0.05, 0.1) is 13.4 Å². The van der Waals surface area contributed by atoms with Gasteiger partial charge in [-0.25, -0.2) is 4.99 Å². The lowest BCUT2D eigenvalue weighted by molar-refractivity contribution is 0.0694. The van der Waals surface area contributed by atoms with E-state index in [1.165, 1.54) is 0 Å². The predicted molar refractivity (Wildman–Crippen MR) is 74.1 cm³/mol. The second-order valence-electron chi connectivity index (χ2n) is 3.90. The highest BCUT2D eigenvalue weighted by molar-refractivity contribution is 5.85.